The fraction of sp³-hybridized carbons (Fsp3) is 0.267. The van der Waals surface area contributed by atoms with E-state index in [4.69, 9.17) is 9.15 Å². The van der Waals surface area contributed by atoms with Gasteiger partial charge in [0.2, 0.25) is 5.89 Å². The van der Waals surface area contributed by atoms with Crippen LogP contribution in [0, 0.1) is 12.7 Å². The van der Waals surface area contributed by atoms with Crippen molar-refractivity contribution in [1.82, 2.24) is 15.2 Å². The summed E-state index contributed by atoms with van der Waals surface area (Å²) in [4.78, 5) is 4.37. The van der Waals surface area contributed by atoms with Gasteiger partial charge < -0.3 is 9.15 Å². The molecule has 120 valence electrons. The fourth-order valence-electron chi connectivity index (χ4n) is 1.83. The molecule has 1 aromatic carbocycles. The maximum Gasteiger partial charge on any atom is 0.276 e. The first-order chi connectivity index (χ1) is 11.2. The summed E-state index contributed by atoms with van der Waals surface area (Å²) in [5.41, 5.74) is 0.937. The lowest BCUT2D eigenvalue weighted by Crippen LogP contribution is -1.99. The molecule has 0 radical (unpaired) electrons. The zero-order valence-corrected chi connectivity index (χ0v) is 14.0. The Morgan fingerprint density at radius 2 is 2.09 bits per heavy atom. The highest BCUT2D eigenvalue weighted by atomic mass is 32.2. The lowest BCUT2D eigenvalue weighted by Gasteiger charge is -2.04. The molecule has 0 aliphatic rings. The average molecular weight is 351 g/mol. The molecule has 5 nitrogen and oxygen atoms in total. The number of aromatic nitrogens is 3. The minimum absolute atomic E-state index is 0.277. The highest BCUT2D eigenvalue weighted by molar-refractivity contribution is 7.99. The molecule has 0 aliphatic heterocycles. The molecule has 3 aromatic rings. The summed E-state index contributed by atoms with van der Waals surface area (Å²) >= 11 is 3.02. The predicted octanol–water partition coefficient (Wildman–Crippen LogP) is 3.74. The standard InChI is InChI=1S/C15H14FN3O2S2/c1-10-17-12(9-23-10)8-14-18-19-15(21-14)22-7-6-20-13-4-2-11(16)3-5-13/h2-5,9H,6-8H2,1H3. The van der Waals surface area contributed by atoms with Crippen molar-refractivity contribution >= 4 is 23.1 Å². The number of hydrogen-bond donors (Lipinski definition) is 0. The van der Waals surface area contributed by atoms with Crippen molar-refractivity contribution in [3.8, 4) is 5.75 Å². The molecule has 8 heteroatoms. The zero-order valence-electron chi connectivity index (χ0n) is 12.4. The van der Waals surface area contributed by atoms with Crippen LogP contribution in [0.25, 0.3) is 0 Å². The van der Waals surface area contributed by atoms with Crippen LogP contribution in [0.1, 0.15) is 16.6 Å². The van der Waals surface area contributed by atoms with Gasteiger partial charge in [0, 0.05) is 11.1 Å². The van der Waals surface area contributed by atoms with E-state index in [0.717, 1.165) is 10.7 Å². The van der Waals surface area contributed by atoms with Gasteiger partial charge >= 0.3 is 0 Å². The van der Waals surface area contributed by atoms with E-state index in [9.17, 15) is 4.39 Å². The van der Waals surface area contributed by atoms with Gasteiger partial charge in [-0.05, 0) is 31.2 Å². The SMILES string of the molecule is Cc1nc(Cc2nnc(SCCOc3ccc(F)cc3)o2)cs1. The number of rotatable bonds is 7. The molecular formula is C15H14FN3O2S2. The van der Waals surface area contributed by atoms with Crippen LogP contribution in [0.5, 0.6) is 5.75 Å². The third kappa shape index (κ3) is 4.77. The predicted molar refractivity (Wildman–Crippen MR) is 86.6 cm³/mol. The molecule has 0 amide bonds. The Balaban J connectivity index is 1.43. The smallest absolute Gasteiger partial charge is 0.276 e. The molecule has 0 bridgehead atoms. The largest absolute Gasteiger partial charge is 0.493 e. The first-order valence-electron chi connectivity index (χ1n) is 6.93. The van der Waals surface area contributed by atoms with E-state index < -0.39 is 0 Å². The van der Waals surface area contributed by atoms with Crippen LogP contribution in [0.2, 0.25) is 0 Å². The Kier molecular flexibility index (Phi) is 5.24. The van der Waals surface area contributed by atoms with Crippen LogP contribution in [0.3, 0.4) is 0 Å². The quantitative estimate of drug-likeness (QED) is 0.477. The topological polar surface area (TPSA) is 61.0 Å². The number of thiazole rings is 1. The van der Waals surface area contributed by atoms with Gasteiger partial charge in [0.05, 0.1) is 23.7 Å². The number of ether oxygens (including phenoxy) is 1. The summed E-state index contributed by atoms with van der Waals surface area (Å²) in [7, 11) is 0. The molecule has 0 saturated carbocycles. The normalized spacial score (nSPS) is 10.9. The van der Waals surface area contributed by atoms with Gasteiger partial charge in [-0.15, -0.1) is 21.5 Å². The highest BCUT2D eigenvalue weighted by Crippen LogP contribution is 2.19. The summed E-state index contributed by atoms with van der Waals surface area (Å²) in [6.45, 7) is 2.43. The van der Waals surface area contributed by atoms with E-state index in [1.807, 2.05) is 12.3 Å². The monoisotopic (exact) mass is 351 g/mol. The van der Waals surface area contributed by atoms with Crippen molar-refractivity contribution in [1.29, 1.82) is 0 Å². The van der Waals surface area contributed by atoms with E-state index in [-0.39, 0.29) is 5.82 Å². The van der Waals surface area contributed by atoms with Gasteiger partial charge in [0.25, 0.3) is 5.22 Å². The number of halogens is 1. The second-order valence-corrected chi connectivity index (χ2v) is 6.76. The molecule has 0 N–H and O–H groups in total. The average Bonchev–Trinajstić information content (AvgIpc) is 3.15. The van der Waals surface area contributed by atoms with Crippen molar-refractivity contribution in [3.63, 3.8) is 0 Å². The van der Waals surface area contributed by atoms with Crippen LogP contribution in [0.15, 0.2) is 39.3 Å². The molecule has 0 unspecified atom stereocenters. The van der Waals surface area contributed by atoms with Crippen LogP contribution >= 0.6 is 23.1 Å². The highest BCUT2D eigenvalue weighted by Gasteiger charge is 2.09. The first-order valence-corrected chi connectivity index (χ1v) is 8.80. The Morgan fingerprint density at radius 3 is 2.83 bits per heavy atom. The van der Waals surface area contributed by atoms with Crippen LogP contribution < -0.4 is 4.74 Å². The van der Waals surface area contributed by atoms with Gasteiger partial charge in [-0.1, -0.05) is 11.8 Å². The Labute approximate surface area is 140 Å². The van der Waals surface area contributed by atoms with E-state index in [1.54, 1.807) is 23.5 Å². The third-order valence-electron chi connectivity index (χ3n) is 2.84. The minimum atomic E-state index is -0.277. The van der Waals surface area contributed by atoms with Crippen LogP contribution in [0.4, 0.5) is 4.39 Å². The lowest BCUT2D eigenvalue weighted by atomic mass is 10.3. The molecule has 0 spiro atoms. The maximum absolute atomic E-state index is 12.8. The summed E-state index contributed by atoms with van der Waals surface area (Å²) in [6.07, 6.45) is 0.546. The van der Waals surface area contributed by atoms with Gasteiger partial charge in [-0.3, -0.25) is 0 Å². The summed E-state index contributed by atoms with van der Waals surface area (Å²) < 4.78 is 23.8. The lowest BCUT2D eigenvalue weighted by molar-refractivity contribution is 0.342. The number of aryl methyl sites for hydroxylation is 1. The summed E-state index contributed by atoms with van der Waals surface area (Å²) in [5.74, 6) is 1.57. The minimum Gasteiger partial charge on any atom is -0.493 e. The van der Waals surface area contributed by atoms with Crippen LogP contribution in [-0.4, -0.2) is 27.5 Å². The Bertz CT molecular complexity index is 758. The fourth-order valence-corrected chi connectivity index (χ4v) is 3.04. The molecule has 3 rings (SSSR count). The van der Waals surface area contributed by atoms with Crippen molar-refractivity contribution in [2.24, 2.45) is 0 Å². The molecule has 23 heavy (non-hydrogen) atoms. The number of nitrogens with zero attached hydrogens (tertiary/aromatic N) is 3. The first kappa shape index (κ1) is 15.9. The van der Waals surface area contributed by atoms with E-state index in [2.05, 4.69) is 15.2 Å². The van der Waals surface area contributed by atoms with E-state index >= 15 is 0 Å². The molecule has 2 heterocycles. The molecule has 2 aromatic heterocycles. The van der Waals surface area contributed by atoms with Crippen molar-refractivity contribution in [2.75, 3.05) is 12.4 Å². The second-order valence-electron chi connectivity index (χ2n) is 4.65. The number of thioether (sulfide) groups is 1. The van der Waals surface area contributed by atoms with Crippen molar-refractivity contribution in [2.45, 2.75) is 18.6 Å². The van der Waals surface area contributed by atoms with E-state index in [1.165, 1.54) is 23.9 Å². The molecule has 0 atom stereocenters. The second kappa shape index (κ2) is 7.56. The molecule has 0 saturated heterocycles. The maximum atomic E-state index is 12.8. The van der Waals surface area contributed by atoms with E-state index in [0.29, 0.717) is 35.6 Å². The van der Waals surface area contributed by atoms with Gasteiger partial charge in [-0.2, -0.15) is 0 Å². The number of hydrogen-bond acceptors (Lipinski definition) is 7. The zero-order chi connectivity index (χ0) is 16.1. The summed E-state index contributed by atoms with van der Waals surface area (Å²) in [6, 6.07) is 5.93. The molecule has 0 aliphatic carbocycles. The summed E-state index contributed by atoms with van der Waals surface area (Å²) in [5, 5.41) is 11.5. The van der Waals surface area contributed by atoms with Gasteiger partial charge in [0.15, 0.2) is 0 Å². The van der Waals surface area contributed by atoms with Gasteiger partial charge in [0.1, 0.15) is 11.6 Å². The van der Waals surface area contributed by atoms with Crippen molar-refractivity contribution in [3.05, 3.63) is 52.1 Å². The Hall–Kier alpha value is -1.93. The third-order valence-corrected chi connectivity index (χ3v) is 4.44. The van der Waals surface area contributed by atoms with Gasteiger partial charge in [-0.25, -0.2) is 9.37 Å². The molecular weight excluding hydrogens is 337 g/mol. The van der Waals surface area contributed by atoms with Crippen molar-refractivity contribution < 1.29 is 13.5 Å². The Morgan fingerprint density at radius 1 is 1.26 bits per heavy atom. The van der Waals surface area contributed by atoms with Crippen LogP contribution in [-0.2, 0) is 6.42 Å². The number of benzene rings is 1. The molecule has 0 fully saturated rings.